The number of amides is 1. The molecule has 1 aromatic rings. The number of unbranched alkanes of at least 4 members (excludes halogenated alkanes) is 2. The second kappa shape index (κ2) is 11.5. The van der Waals surface area contributed by atoms with E-state index in [1.807, 2.05) is 57.2 Å². The summed E-state index contributed by atoms with van der Waals surface area (Å²) < 4.78 is 0. The van der Waals surface area contributed by atoms with Crippen molar-refractivity contribution in [3.05, 3.63) is 42.0 Å². The first kappa shape index (κ1) is 20.0. The monoisotopic (exact) mass is 345 g/mol. The molecular formula is C19H27N3OS. The van der Waals surface area contributed by atoms with Gasteiger partial charge in [0.1, 0.15) is 5.84 Å². The first-order valence-electron chi connectivity index (χ1n) is 8.34. The SMILES string of the molecule is C/C=C(\N=C(C)NC(=O)CCCCCNC(C)=S)c1ccccc1. The van der Waals surface area contributed by atoms with Crippen LogP contribution in [0.2, 0.25) is 0 Å². The van der Waals surface area contributed by atoms with Crippen LogP contribution < -0.4 is 10.6 Å². The summed E-state index contributed by atoms with van der Waals surface area (Å²) in [6.45, 7) is 6.51. The lowest BCUT2D eigenvalue weighted by Gasteiger charge is -2.07. The molecule has 0 radical (unpaired) electrons. The van der Waals surface area contributed by atoms with Crippen molar-refractivity contribution in [2.75, 3.05) is 6.54 Å². The molecular weight excluding hydrogens is 318 g/mol. The van der Waals surface area contributed by atoms with Gasteiger partial charge in [-0.3, -0.25) is 4.79 Å². The van der Waals surface area contributed by atoms with Crippen LogP contribution >= 0.6 is 12.2 Å². The second-order valence-corrected chi connectivity index (χ2v) is 6.19. The molecule has 0 aromatic heterocycles. The van der Waals surface area contributed by atoms with Crippen molar-refractivity contribution in [1.82, 2.24) is 10.6 Å². The third-order valence-corrected chi connectivity index (χ3v) is 3.55. The van der Waals surface area contributed by atoms with Gasteiger partial charge in [-0.05, 0) is 39.2 Å². The number of hydrogen-bond donors (Lipinski definition) is 2. The van der Waals surface area contributed by atoms with Gasteiger partial charge in [0.25, 0.3) is 0 Å². The average Bonchev–Trinajstić information content (AvgIpc) is 2.56. The highest BCUT2D eigenvalue weighted by molar-refractivity contribution is 7.80. The molecule has 130 valence electrons. The number of allylic oxidation sites excluding steroid dienone is 1. The van der Waals surface area contributed by atoms with Gasteiger partial charge in [-0.2, -0.15) is 0 Å². The fourth-order valence-electron chi connectivity index (χ4n) is 2.23. The van der Waals surface area contributed by atoms with E-state index in [0.29, 0.717) is 12.3 Å². The van der Waals surface area contributed by atoms with E-state index in [4.69, 9.17) is 12.2 Å². The summed E-state index contributed by atoms with van der Waals surface area (Å²) in [7, 11) is 0. The van der Waals surface area contributed by atoms with Gasteiger partial charge >= 0.3 is 0 Å². The summed E-state index contributed by atoms with van der Waals surface area (Å²) in [5, 5.41) is 5.97. The minimum Gasteiger partial charge on any atom is -0.380 e. The van der Waals surface area contributed by atoms with Crippen LogP contribution in [0.5, 0.6) is 0 Å². The molecule has 0 aliphatic rings. The Bertz CT molecular complexity index is 594. The Balaban J connectivity index is 2.36. The molecule has 0 heterocycles. The van der Waals surface area contributed by atoms with Crippen molar-refractivity contribution in [1.29, 1.82) is 0 Å². The highest BCUT2D eigenvalue weighted by Gasteiger charge is 2.04. The molecule has 1 rings (SSSR count). The molecule has 1 amide bonds. The maximum atomic E-state index is 12.0. The summed E-state index contributed by atoms with van der Waals surface area (Å²) in [6, 6.07) is 9.93. The second-order valence-electron chi connectivity index (χ2n) is 5.58. The average molecular weight is 346 g/mol. The van der Waals surface area contributed by atoms with Gasteiger partial charge in [0.15, 0.2) is 0 Å². The number of nitrogens with zero attached hydrogens (tertiary/aromatic N) is 1. The Morgan fingerprint density at radius 3 is 2.50 bits per heavy atom. The Morgan fingerprint density at radius 2 is 1.88 bits per heavy atom. The van der Waals surface area contributed by atoms with Crippen molar-refractivity contribution in [2.24, 2.45) is 4.99 Å². The molecule has 0 bridgehead atoms. The van der Waals surface area contributed by atoms with Crippen molar-refractivity contribution in [3.8, 4) is 0 Å². The molecule has 4 nitrogen and oxygen atoms in total. The maximum absolute atomic E-state index is 12.0. The van der Waals surface area contributed by atoms with Gasteiger partial charge in [-0.1, -0.05) is 55.0 Å². The van der Waals surface area contributed by atoms with Crippen molar-refractivity contribution in [2.45, 2.75) is 46.5 Å². The van der Waals surface area contributed by atoms with Gasteiger partial charge < -0.3 is 10.6 Å². The fraction of sp³-hybridized carbons (Fsp3) is 0.421. The van der Waals surface area contributed by atoms with Crippen LogP contribution in [0.3, 0.4) is 0 Å². The molecule has 0 unspecified atom stereocenters. The zero-order valence-corrected chi connectivity index (χ0v) is 15.6. The number of rotatable bonds is 8. The Hall–Kier alpha value is -2.01. The first-order chi connectivity index (χ1) is 11.5. The van der Waals surface area contributed by atoms with E-state index < -0.39 is 0 Å². The standard InChI is InChI=1S/C19H27N3OS/c1-4-18(17-11-7-5-8-12-17)21-15(2)22-19(23)13-9-6-10-14-20-16(3)24/h4-5,7-8,11-12H,6,9-10,13-14H2,1-3H3,(H,20,24)(H,21,22,23)/b18-4-. The quantitative estimate of drug-likeness (QED) is 0.323. The molecule has 0 spiro atoms. The van der Waals surface area contributed by atoms with E-state index >= 15 is 0 Å². The van der Waals surface area contributed by atoms with Crippen LogP contribution in [0.15, 0.2) is 41.4 Å². The Morgan fingerprint density at radius 1 is 1.17 bits per heavy atom. The number of nitrogens with one attached hydrogen (secondary N) is 2. The lowest BCUT2D eigenvalue weighted by molar-refractivity contribution is -0.119. The van der Waals surface area contributed by atoms with Crippen LogP contribution in [-0.2, 0) is 4.79 Å². The van der Waals surface area contributed by atoms with Crippen LogP contribution in [0.25, 0.3) is 5.70 Å². The molecule has 0 aliphatic carbocycles. The summed E-state index contributed by atoms with van der Waals surface area (Å²) in [4.78, 5) is 17.3. The van der Waals surface area contributed by atoms with Crippen molar-refractivity contribution in [3.63, 3.8) is 0 Å². The number of amidine groups is 1. The van der Waals surface area contributed by atoms with Gasteiger partial charge in [-0.15, -0.1) is 0 Å². The van der Waals surface area contributed by atoms with Crippen LogP contribution in [0.4, 0.5) is 0 Å². The molecule has 1 aromatic carbocycles. The molecule has 5 heteroatoms. The summed E-state index contributed by atoms with van der Waals surface area (Å²) in [5.74, 6) is 0.633. The smallest absolute Gasteiger partial charge is 0.225 e. The number of carbonyl (C=O) groups excluding carboxylic acids is 1. The molecule has 2 N–H and O–H groups in total. The lowest BCUT2D eigenvalue weighted by Crippen LogP contribution is -2.28. The lowest BCUT2D eigenvalue weighted by atomic mass is 10.1. The number of carbonyl (C=O) groups is 1. The van der Waals surface area contributed by atoms with Crippen LogP contribution in [0, 0.1) is 0 Å². The zero-order chi connectivity index (χ0) is 17.8. The Kier molecular flexibility index (Phi) is 9.61. The first-order valence-corrected chi connectivity index (χ1v) is 8.75. The summed E-state index contributed by atoms with van der Waals surface area (Å²) >= 11 is 4.95. The molecule has 0 fully saturated rings. The highest BCUT2D eigenvalue weighted by Crippen LogP contribution is 2.15. The number of hydrogen-bond acceptors (Lipinski definition) is 3. The number of aliphatic imine (C=N–C) groups is 1. The van der Waals surface area contributed by atoms with E-state index in [2.05, 4.69) is 15.6 Å². The highest BCUT2D eigenvalue weighted by atomic mass is 32.1. The van der Waals surface area contributed by atoms with Crippen LogP contribution in [-0.4, -0.2) is 23.3 Å². The third kappa shape index (κ3) is 8.58. The van der Waals surface area contributed by atoms with E-state index in [9.17, 15) is 4.79 Å². The third-order valence-electron chi connectivity index (χ3n) is 3.41. The minimum absolute atomic E-state index is 0.0127. The topological polar surface area (TPSA) is 53.5 Å². The van der Waals surface area contributed by atoms with E-state index in [1.54, 1.807) is 0 Å². The summed E-state index contributed by atoms with van der Waals surface area (Å²) in [5.41, 5.74) is 1.89. The van der Waals surface area contributed by atoms with Crippen molar-refractivity contribution >= 4 is 34.6 Å². The Labute approximate surface area is 150 Å². The zero-order valence-electron chi connectivity index (χ0n) is 14.8. The van der Waals surface area contributed by atoms with E-state index in [-0.39, 0.29) is 5.91 Å². The number of benzene rings is 1. The minimum atomic E-state index is 0.0127. The molecule has 0 saturated heterocycles. The largest absolute Gasteiger partial charge is 0.380 e. The molecule has 24 heavy (non-hydrogen) atoms. The predicted molar refractivity (Wildman–Crippen MR) is 106 cm³/mol. The van der Waals surface area contributed by atoms with E-state index in [1.165, 1.54) is 0 Å². The molecule has 0 atom stereocenters. The molecule has 0 saturated carbocycles. The molecule has 0 aliphatic heterocycles. The van der Waals surface area contributed by atoms with Crippen molar-refractivity contribution < 1.29 is 4.79 Å². The van der Waals surface area contributed by atoms with E-state index in [0.717, 1.165) is 42.1 Å². The van der Waals surface area contributed by atoms with Gasteiger partial charge in [0.05, 0.1) is 10.7 Å². The maximum Gasteiger partial charge on any atom is 0.225 e. The number of thiocarbonyl (C=S) groups is 1. The van der Waals surface area contributed by atoms with Gasteiger partial charge in [-0.25, -0.2) is 4.99 Å². The normalized spacial score (nSPS) is 12.0. The van der Waals surface area contributed by atoms with Gasteiger partial charge in [0.2, 0.25) is 5.91 Å². The van der Waals surface area contributed by atoms with Crippen LogP contribution in [0.1, 0.15) is 52.0 Å². The fourth-order valence-corrected chi connectivity index (χ4v) is 2.33. The van der Waals surface area contributed by atoms with Gasteiger partial charge in [0, 0.05) is 13.0 Å². The predicted octanol–water partition coefficient (Wildman–Crippen LogP) is 4.08. The summed E-state index contributed by atoms with van der Waals surface area (Å²) in [6.07, 6.45) is 5.34.